The van der Waals surface area contributed by atoms with Crippen LogP contribution in [0.5, 0.6) is 0 Å². The Bertz CT molecular complexity index is 170. The van der Waals surface area contributed by atoms with Gasteiger partial charge in [-0.1, -0.05) is 20.3 Å². The lowest BCUT2D eigenvalue weighted by atomic mass is 10.1. The highest BCUT2D eigenvalue weighted by atomic mass is 16.2. The minimum atomic E-state index is 0.106. The predicted octanol–water partition coefficient (Wildman–Crippen LogP) is 0.496. The normalized spacial score (nSPS) is 29.6. The van der Waals surface area contributed by atoms with Gasteiger partial charge in [-0.15, -0.1) is 0 Å². The molecule has 1 fully saturated rings. The second kappa shape index (κ2) is 3.90. The van der Waals surface area contributed by atoms with E-state index in [0.717, 1.165) is 19.4 Å². The number of carbonyl (C=O) groups is 1. The summed E-state index contributed by atoms with van der Waals surface area (Å²) >= 11 is 0. The molecule has 0 spiro atoms. The Morgan fingerprint density at radius 2 is 2.33 bits per heavy atom. The van der Waals surface area contributed by atoms with Crippen molar-refractivity contribution < 1.29 is 4.79 Å². The molecular weight excluding hydrogens is 152 g/mol. The van der Waals surface area contributed by atoms with Gasteiger partial charge in [0.05, 0.1) is 5.92 Å². The number of nitrogens with one attached hydrogen (secondary N) is 1. The van der Waals surface area contributed by atoms with Crippen molar-refractivity contribution in [2.45, 2.75) is 32.7 Å². The fourth-order valence-corrected chi connectivity index (χ4v) is 1.07. The van der Waals surface area contributed by atoms with Crippen LogP contribution in [-0.2, 0) is 4.79 Å². The lowest BCUT2D eigenvalue weighted by molar-refractivity contribution is -0.122. The van der Waals surface area contributed by atoms with Crippen LogP contribution in [0.15, 0.2) is 0 Å². The van der Waals surface area contributed by atoms with Gasteiger partial charge in [0, 0.05) is 12.6 Å². The monoisotopic (exact) mass is 170 g/mol. The number of carbonyl (C=O) groups excluding carboxylic acids is 1. The zero-order chi connectivity index (χ0) is 9.14. The van der Waals surface area contributed by atoms with Crippen LogP contribution in [0.4, 0.5) is 0 Å². The highest BCUT2D eigenvalue weighted by Gasteiger charge is 2.39. The zero-order valence-electron chi connectivity index (χ0n) is 7.84. The molecule has 0 saturated heterocycles. The van der Waals surface area contributed by atoms with E-state index in [-0.39, 0.29) is 17.9 Å². The number of rotatable bonds is 4. The average Bonchev–Trinajstić information content (AvgIpc) is 2.77. The standard InChI is InChI=1S/C9H18N2O/c1-3-6(2)5-11-9(12)7-4-8(7)10/h6-8H,3-5,10H2,1-2H3,(H,11,12). The summed E-state index contributed by atoms with van der Waals surface area (Å²) in [6, 6.07) is 0.127. The van der Waals surface area contributed by atoms with Crippen LogP contribution >= 0.6 is 0 Å². The Morgan fingerprint density at radius 1 is 1.75 bits per heavy atom. The van der Waals surface area contributed by atoms with E-state index in [0.29, 0.717) is 5.92 Å². The molecule has 3 atom stereocenters. The van der Waals surface area contributed by atoms with Gasteiger partial charge in [0.15, 0.2) is 0 Å². The van der Waals surface area contributed by atoms with Gasteiger partial charge in [-0.3, -0.25) is 4.79 Å². The summed E-state index contributed by atoms with van der Waals surface area (Å²) in [5.41, 5.74) is 5.55. The molecule has 3 nitrogen and oxygen atoms in total. The maximum absolute atomic E-state index is 11.2. The van der Waals surface area contributed by atoms with Gasteiger partial charge in [-0.2, -0.15) is 0 Å². The second-order valence-corrected chi connectivity index (χ2v) is 3.76. The van der Waals surface area contributed by atoms with E-state index in [4.69, 9.17) is 5.73 Å². The van der Waals surface area contributed by atoms with Crippen LogP contribution < -0.4 is 11.1 Å². The van der Waals surface area contributed by atoms with Crippen molar-refractivity contribution in [1.29, 1.82) is 0 Å². The van der Waals surface area contributed by atoms with Crippen molar-refractivity contribution in [3.63, 3.8) is 0 Å². The minimum absolute atomic E-state index is 0.106. The molecule has 0 bridgehead atoms. The molecule has 0 heterocycles. The molecule has 3 N–H and O–H groups in total. The Hall–Kier alpha value is -0.570. The van der Waals surface area contributed by atoms with Gasteiger partial charge in [0.1, 0.15) is 0 Å². The Kier molecular flexibility index (Phi) is 3.09. The van der Waals surface area contributed by atoms with E-state index in [1.807, 2.05) is 0 Å². The number of nitrogens with two attached hydrogens (primary N) is 1. The van der Waals surface area contributed by atoms with Gasteiger partial charge in [0.25, 0.3) is 0 Å². The van der Waals surface area contributed by atoms with Crippen molar-refractivity contribution >= 4 is 5.91 Å². The van der Waals surface area contributed by atoms with E-state index in [2.05, 4.69) is 19.2 Å². The Morgan fingerprint density at radius 3 is 2.75 bits per heavy atom. The van der Waals surface area contributed by atoms with Gasteiger partial charge in [0.2, 0.25) is 5.91 Å². The zero-order valence-corrected chi connectivity index (χ0v) is 7.84. The van der Waals surface area contributed by atoms with Crippen LogP contribution in [0.1, 0.15) is 26.7 Å². The molecule has 3 heteroatoms. The first-order valence-corrected chi connectivity index (χ1v) is 4.68. The SMILES string of the molecule is CCC(C)CNC(=O)C1CC1N. The van der Waals surface area contributed by atoms with Crippen LogP contribution in [0.3, 0.4) is 0 Å². The van der Waals surface area contributed by atoms with Crippen molar-refractivity contribution in [2.24, 2.45) is 17.6 Å². The first-order chi connectivity index (χ1) is 5.65. The Labute approximate surface area is 73.7 Å². The van der Waals surface area contributed by atoms with Gasteiger partial charge in [-0.25, -0.2) is 0 Å². The number of amides is 1. The molecule has 70 valence electrons. The molecular formula is C9H18N2O. The molecule has 3 unspecified atom stereocenters. The fraction of sp³-hybridized carbons (Fsp3) is 0.889. The van der Waals surface area contributed by atoms with E-state index < -0.39 is 0 Å². The summed E-state index contributed by atoms with van der Waals surface area (Å²) < 4.78 is 0. The molecule has 12 heavy (non-hydrogen) atoms. The Balaban J connectivity index is 2.11. The lowest BCUT2D eigenvalue weighted by Gasteiger charge is -2.09. The van der Waals surface area contributed by atoms with Gasteiger partial charge in [-0.05, 0) is 12.3 Å². The van der Waals surface area contributed by atoms with Crippen molar-refractivity contribution in [2.75, 3.05) is 6.54 Å². The summed E-state index contributed by atoms with van der Waals surface area (Å²) in [7, 11) is 0. The molecule has 1 aliphatic carbocycles. The smallest absolute Gasteiger partial charge is 0.224 e. The minimum Gasteiger partial charge on any atom is -0.356 e. The first kappa shape index (κ1) is 9.52. The van der Waals surface area contributed by atoms with E-state index in [9.17, 15) is 4.79 Å². The topological polar surface area (TPSA) is 55.1 Å². The first-order valence-electron chi connectivity index (χ1n) is 4.68. The molecule has 0 aromatic heterocycles. The van der Waals surface area contributed by atoms with Crippen LogP contribution in [0, 0.1) is 11.8 Å². The lowest BCUT2D eigenvalue weighted by Crippen LogP contribution is -2.31. The predicted molar refractivity (Wildman–Crippen MR) is 48.5 cm³/mol. The number of hydrogen-bond acceptors (Lipinski definition) is 2. The van der Waals surface area contributed by atoms with Crippen molar-refractivity contribution in [3.8, 4) is 0 Å². The van der Waals surface area contributed by atoms with Crippen LogP contribution in [-0.4, -0.2) is 18.5 Å². The number of hydrogen-bond donors (Lipinski definition) is 2. The summed E-state index contributed by atoms with van der Waals surface area (Å²) in [5.74, 6) is 0.820. The molecule has 0 aromatic carbocycles. The molecule has 1 aliphatic rings. The third kappa shape index (κ3) is 2.48. The third-order valence-electron chi connectivity index (χ3n) is 2.50. The fourth-order valence-electron chi connectivity index (χ4n) is 1.07. The maximum atomic E-state index is 11.2. The molecule has 0 aromatic rings. The van der Waals surface area contributed by atoms with E-state index in [1.54, 1.807) is 0 Å². The van der Waals surface area contributed by atoms with Crippen LogP contribution in [0.25, 0.3) is 0 Å². The van der Waals surface area contributed by atoms with E-state index in [1.165, 1.54) is 0 Å². The van der Waals surface area contributed by atoms with Crippen molar-refractivity contribution in [3.05, 3.63) is 0 Å². The molecule has 0 radical (unpaired) electrons. The second-order valence-electron chi connectivity index (χ2n) is 3.76. The quantitative estimate of drug-likeness (QED) is 0.645. The molecule has 1 rings (SSSR count). The summed E-state index contributed by atoms with van der Waals surface area (Å²) in [5, 5.41) is 2.91. The average molecular weight is 170 g/mol. The highest BCUT2D eigenvalue weighted by Crippen LogP contribution is 2.27. The van der Waals surface area contributed by atoms with Gasteiger partial charge >= 0.3 is 0 Å². The molecule has 1 amide bonds. The summed E-state index contributed by atoms with van der Waals surface area (Å²) in [6.45, 7) is 5.05. The largest absolute Gasteiger partial charge is 0.356 e. The van der Waals surface area contributed by atoms with E-state index >= 15 is 0 Å². The van der Waals surface area contributed by atoms with Crippen LogP contribution in [0.2, 0.25) is 0 Å². The summed E-state index contributed by atoms with van der Waals surface area (Å²) in [4.78, 5) is 11.2. The third-order valence-corrected chi connectivity index (χ3v) is 2.50. The maximum Gasteiger partial charge on any atom is 0.224 e. The molecule has 0 aliphatic heterocycles. The molecule has 1 saturated carbocycles. The summed E-state index contributed by atoms with van der Waals surface area (Å²) in [6.07, 6.45) is 1.98. The highest BCUT2D eigenvalue weighted by molar-refractivity contribution is 5.82. The van der Waals surface area contributed by atoms with Crippen molar-refractivity contribution in [1.82, 2.24) is 5.32 Å². The van der Waals surface area contributed by atoms with Gasteiger partial charge < -0.3 is 11.1 Å².